The van der Waals surface area contributed by atoms with E-state index in [1.54, 1.807) is 13.0 Å². The summed E-state index contributed by atoms with van der Waals surface area (Å²) in [7, 11) is 0. The SMILES string of the molecule is CCCC[C@H](Sc1nnc(C)n1-c1ccccc1C)C(=O)Nc1cc(C)on1. The van der Waals surface area contributed by atoms with Crippen LogP contribution in [0.15, 0.2) is 40.0 Å². The van der Waals surface area contributed by atoms with Gasteiger partial charge in [-0.1, -0.05) is 54.9 Å². The predicted molar refractivity (Wildman–Crippen MR) is 110 cm³/mol. The largest absolute Gasteiger partial charge is 0.360 e. The Kier molecular flexibility index (Phi) is 6.51. The van der Waals surface area contributed by atoms with Gasteiger partial charge < -0.3 is 9.84 Å². The molecule has 0 bridgehead atoms. The Morgan fingerprint density at radius 2 is 2.04 bits per heavy atom. The molecule has 0 spiro atoms. The average molecular weight is 400 g/mol. The molecule has 7 nitrogen and oxygen atoms in total. The lowest BCUT2D eigenvalue weighted by molar-refractivity contribution is -0.115. The van der Waals surface area contributed by atoms with Crippen molar-refractivity contribution in [1.29, 1.82) is 0 Å². The first-order valence-electron chi connectivity index (χ1n) is 9.38. The molecule has 3 aromatic rings. The van der Waals surface area contributed by atoms with Crippen molar-refractivity contribution in [1.82, 2.24) is 19.9 Å². The van der Waals surface area contributed by atoms with Crippen LogP contribution in [0.2, 0.25) is 0 Å². The van der Waals surface area contributed by atoms with Crippen LogP contribution >= 0.6 is 11.8 Å². The number of aromatic nitrogens is 4. The van der Waals surface area contributed by atoms with Crippen molar-refractivity contribution in [2.24, 2.45) is 0 Å². The van der Waals surface area contributed by atoms with Crippen LogP contribution in [-0.2, 0) is 4.79 Å². The second kappa shape index (κ2) is 9.05. The molecule has 0 saturated carbocycles. The zero-order valence-corrected chi connectivity index (χ0v) is 17.4. The Hall–Kier alpha value is -2.61. The fourth-order valence-corrected chi connectivity index (χ4v) is 4.03. The van der Waals surface area contributed by atoms with Crippen LogP contribution < -0.4 is 5.32 Å². The molecule has 0 radical (unpaired) electrons. The van der Waals surface area contributed by atoms with Crippen molar-refractivity contribution in [3.8, 4) is 5.69 Å². The van der Waals surface area contributed by atoms with E-state index in [2.05, 4.69) is 40.6 Å². The fraction of sp³-hybridized carbons (Fsp3) is 0.400. The highest BCUT2D eigenvalue weighted by atomic mass is 32.2. The third-order valence-corrected chi connectivity index (χ3v) is 5.60. The molecule has 8 heteroatoms. The molecular formula is C20H25N5O2S. The Morgan fingerprint density at radius 1 is 1.25 bits per heavy atom. The Bertz CT molecular complexity index is 950. The second-order valence-corrected chi connectivity index (χ2v) is 7.88. The molecule has 1 atom stereocenters. The standard InChI is InChI=1S/C20H25N5O2S/c1-5-6-11-17(19(26)21-18-12-14(3)27-24-18)28-20-23-22-15(4)25(20)16-10-8-7-9-13(16)2/h7-10,12,17H,5-6,11H2,1-4H3,(H,21,24,26)/t17-/m0/s1. The smallest absolute Gasteiger partial charge is 0.239 e. The molecule has 0 aliphatic heterocycles. The number of hydrogen-bond donors (Lipinski definition) is 1. The number of anilines is 1. The van der Waals surface area contributed by atoms with Gasteiger partial charge in [0.25, 0.3) is 0 Å². The van der Waals surface area contributed by atoms with Crippen molar-refractivity contribution in [2.75, 3.05) is 5.32 Å². The van der Waals surface area contributed by atoms with Crippen LogP contribution in [-0.4, -0.2) is 31.1 Å². The molecule has 0 aliphatic carbocycles. The Labute approximate surface area is 168 Å². The summed E-state index contributed by atoms with van der Waals surface area (Å²) in [6, 6.07) is 9.79. The van der Waals surface area contributed by atoms with Crippen molar-refractivity contribution in [2.45, 2.75) is 57.4 Å². The van der Waals surface area contributed by atoms with Gasteiger partial charge in [-0.2, -0.15) is 0 Å². The highest BCUT2D eigenvalue weighted by molar-refractivity contribution is 8.00. The second-order valence-electron chi connectivity index (χ2n) is 6.71. The predicted octanol–water partition coefficient (Wildman–Crippen LogP) is 4.47. The van der Waals surface area contributed by atoms with Crippen LogP contribution in [0, 0.1) is 20.8 Å². The quantitative estimate of drug-likeness (QED) is 0.563. The van der Waals surface area contributed by atoms with Gasteiger partial charge in [0.1, 0.15) is 11.6 Å². The monoisotopic (exact) mass is 399 g/mol. The summed E-state index contributed by atoms with van der Waals surface area (Å²) < 4.78 is 7.05. The highest BCUT2D eigenvalue weighted by Gasteiger charge is 2.24. The highest BCUT2D eigenvalue weighted by Crippen LogP contribution is 2.30. The van der Waals surface area contributed by atoms with Gasteiger partial charge in [-0.25, -0.2) is 0 Å². The molecule has 0 saturated heterocycles. The van der Waals surface area contributed by atoms with E-state index in [0.29, 0.717) is 16.7 Å². The third kappa shape index (κ3) is 4.62. The average Bonchev–Trinajstić information content (AvgIpc) is 3.24. The number of nitrogens with zero attached hydrogens (tertiary/aromatic N) is 4. The summed E-state index contributed by atoms with van der Waals surface area (Å²) in [6.07, 6.45) is 2.70. The number of hydrogen-bond acceptors (Lipinski definition) is 6. The lowest BCUT2D eigenvalue weighted by Gasteiger charge is -2.16. The van der Waals surface area contributed by atoms with Gasteiger partial charge in [0.2, 0.25) is 5.91 Å². The molecule has 1 N–H and O–H groups in total. The van der Waals surface area contributed by atoms with E-state index in [4.69, 9.17) is 4.52 Å². The zero-order chi connectivity index (χ0) is 20.1. The summed E-state index contributed by atoms with van der Waals surface area (Å²) in [4.78, 5) is 12.9. The molecule has 1 aromatic carbocycles. The van der Waals surface area contributed by atoms with Gasteiger partial charge in [0.05, 0.1) is 10.9 Å². The number of benzene rings is 1. The first-order valence-corrected chi connectivity index (χ1v) is 10.3. The van der Waals surface area contributed by atoms with Crippen molar-refractivity contribution >= 4 is 23.5 Å². The molecule has 0 unspecified atom stereocenters. The number of rotatable bonds is 8. The number of carbonyl (C=O) groups is 1. The van der Waals surface area contributed by atoms with Crippen molar-refractivity contribution in [3.63, 3.8) is 0 Å². The number of aryl methyl sites for hydroxylation is 3. The van der Waals surface area contributed by atoms with Crippen LogP contribution in [0.4, 0.5) is 5.82 Å². The minimum Gasteiger partial charge on any atom is -0.360 e. The van der Waals surface area contributed by atoms with Gasteiger partial charge in [-0.15, -0.1) is 10.2 Å². The van der Waals surface area contributed by atoms with E-state index in [1.807, 2.05) is 29.7 Å². The maximum absolute atomic E-state index is 12.9. The van der Waals surface area contributed by atoms with Gasteiger partial charge in [0.15, 0.2) is 11.0 Å². The van der Waals surface area contributed by atoms with Crippen LogP contribution in [0.25, 0.3) is 5.69 Å². The number of thioether (sulfide) groups is 1. The summed E-state index contributed by atoms with van der Waals surface area (Å²) in [5.74, 6) is 1.77. The molecule has 0 fully saturated rings. The van der Waals surface area contributed by atoms with Gasteiger partial charge in [-0.3, -0.25) is 9.36 Å². The molecule has 28 heavy (non-hydrogen) atoms. The van der Waals surface area contributed by atoms with E-state index >= 15 is 0 Å². The summed E-state index contributed by atoms with van der Waals surface area (Å²) in [6.45, 7) is 7.88. The molecule has 2 aromatic heterocycles. The molecule has 1 amide bonds. The van der Waals surface area contributed by atoms with E-state index < -0.39 is 0 Å². The topological polar surface area (TPSA) is 85.8 Å². The first kappa shape index (κ1) is 20.1. The number of amides is 1. The number of para-hydroxylation sites is 1. The lowest BCUT2D eigenvalue weighted by Crippen LogP contribution is -2.26. The summed E-state index contributed by atoms with van der Waals surface area (Å²) in [5, 5.41) is 15.7. The van der Waals surface area contributed by atoms with E-state index in [0.717, 1.165) is 36.3 Å². The number of nitrogens with one attached hydrogen (secondary N) is 1. The first-order chi connectivity index (χ1) is 13.5. The summed E-state index contributed by atoms with van der Waals surface area (Å²) in [5.41, 5.74) is 2.15. The van der Waals surface area contributed by atoms with Crippen LogP contribution in [0.3, 0.4) is 0 Å². The lowest BCUT2D eigenvalue weighted by atomic mass is 10.2. The van der Waals surface area contributed by atoms with Crippen LogP contribution in [0.5, 0.6) is 0 Å². The van der Waals surface area contributed by atoms with Crippen molar-refractivity contribution in [3.05, 3.63) is 47.5 Å². The fourth-order valence-electron chi connectivity index (χ4n) is 2.90. The third-order valence-electron chi connectivity index (χ3n) is 4.39. The zero-order valence-electron chi connectivity index (χ0n) is 16.6. The van der Waals surface area contributed by atoms with E-state index in [1.165, 1.54) is 11.8 Å². The maximum Gasteiger partial charge on any atom is 0.239 e. The number of carbonyl (C=O) groups excluding carboxylic acids is 1. The summed E-state index contributed by atoms with van der Waals surface area (Å²) >= 11 is 1.43. The van der Waals surface area contributed by atoms with Gasteiger partial charge >= 0.3 is 0 Å². The van der Waals surface area contributed by atoms with Crippen LogP contribution in [0.1, 0.15) is 43.3 Å². The minimum absolute atomic E-state index is 0.108. The normalized spacial score (nSPS) is 12.1. The Morgan fingerprint density at radius 3 is 2.71 bits per heavy atom. The molecule has 148 valence electrons. The maximum atomic E-state index is 12.9. The molecule has 0 aliphatic rings. The van der Waals surface area contributed by atoms with E-state index in [-0.39, 0.29) is 11.2 Å². The van der Waals surface area contributed by atoms with E-state index in [9.17, 15) is 4.79 Å². The number of unbranched alkanes of at least 4 members (excludes halogenated alkanes) is 1. The minimum atomic E-state index is -0.302. The molecular weight excluding hydrogens is 374 g/mol. The molecule has 2 heterocycles. The molecule has 3 rings (SSSR count). The van der Waals surface area contributed by atoms with Crippen molar-refractivity contribution < 1.29 is 9.32 Å². The Balaban J connectivity index is 1.85. The van der Waals surface area contributed by atoms with Gasteiger partial charge in [0, 0.05) is 6.07 Å². The van der Waals surface area contributed by atoms with Gasteiger partial charge in [-0.05, 0) is 38.8 Å².